The lowest BCUT2D eigenvalue weighted by molar-refractivity contribution is 0.160. The number of hydrogen-bond donors (Lipinski definition) is 2. The lowest BCUT2D eigenvalue weighted by Gasteiger charge is -2.25. The van der Waals surface area contributed by atoms with Crippen molar-refractivity contribution in [3.63, 3.8) is 0 Å². The maximum absolute atomic E-state index is 11.0. The van der Waals surface area contributed by atoms with Gasteiger partial charge in [-0.2, -0.15) is 8.42 Å². The van der Waals surface area contributed by atoms with E-state index in [1.807, 2.05) is 12.1 Å². The normalized spacial score (nSPS) is 24.9. The first-order valence-corrected chi connectivity index (χ1v) is 5.83. The van der Waals surface area contributed by atoms with Crippen LogP contribution in [-0.4, -0.2) is 23.0 Å². The Balaban J connectivity index is 2.51. The van der Waals surface area contributed by atoms with Gasteiger partial charge in [-0.15, -0.1) is 0 Å². The highest BCUT2D eigenvalue weighted by Crippen LogP contribution is 2.29. The lowest BCUT2D eigenvalue weighted by atomic mass is 9.95. The van der Waals surface area contributed by atoms with Gasteiger partial charge in [-0.3, -0.25) is 4.55 Å². The molecule has 0 radical (unpaired) electrons. The molecule has 1 aliphatic carbocycles. The predicted octanol–water partition coefficient (Wildman–Crippen LogP) is 0.832. The van der Waals surface area contributed by atoms with Crippen molar-refractivity contribution in [2.24, 2.45) is 0 Å². The third-order valence-corrected chi connectivity index (χ3v) is 3.64. The van der Waals surface area contributed by atoms with Crippen molar-refractivity contribution in [3.05, 3.63) is 41.5 Å². The second-order valence-corrected chi connectivity index (χ2v) is 5.19. The molecule has 0 aromatic heterocycles. The fourth-order valence-corrected chi connectivity index (χ4v) is 2.16. The van der Waals surface area contributed by atoms with E-state index in [0.717, 1.165) is 11.6 Å². The molecule has 1 aliphatic rings. The molecule has 1 aromatic carbocycles. The van der Waals surface area contributed by atoms with Crippen LogP contribution < -0.4 is 0 Å². The van der Waals surface area contributed by atoms with E-state index in [4.69, 9.17) is 4.55 Å². The van der Waals surface area contributed by atoms with Crippen LogP contribution in [0.1, 0.15) is 11.1 Å². The van der Waals surface area contributed by atoms with Gasteiger partial charge in [0.2, 0.25) is 4.93 Å². The van der Waals surface area contributed by atoms with E-state index in [1.165, 1.54) is 6.08 Å². The Morgan fingerprint density at radius 2 is 1.93 bits per heavy atom. The van der Waals surface area contributed by atoms with Crippen LogP contribution in [0, 0.1) is 0 Å². The summed E-state index contributed by atoms with van der Waals surface area (Å²) in [6.45, 7) is 0. The summed E-state index contributed by atoms with van der Waals surface area (Å²) in [5, 5.41) is 9.73. The van der Waals surface area contributed by atoms with Gasteiger partial charge < -0.3 is 5.11 Å². The smallest absolute Gasteiger partial charge is 0.299 e. The highest BCUT2D eigenvalue weighted by Gasteiger charge is 2.40. The van der Waals surface area contributed by atoms with Crippen molar-refractivity contribution in [1.82, 2.24) is 0 Å². The SMILES string of the molecule is O=S(=O)(O)C1(O)C=Cc2ccccc2C1. The van der Waals surface area contributed by atoms with Crippen LogP contribution in [0.5, 0.6) is 0 Å². The summed E-state index contributed by atoms with van der Waals surface area (Å²) in [6, 6.07) is 7.10. The molecule has 2 N–H and O–H groups in total. The fourth-order valence-electron chi connectivity index (χ4n) is 1.59. The van der Waals surface area contributed by atoms with Crippen LogP contribution in [0.4, 0.5) is 0 Å². The van der Waals surface area contributed by atoms with Gasteiger partial charge in [0.05, 0.1) is 0 Å². The quantitative estimate of drug-likeness (QED) is 0.696. The molecular formula is C10H10O4S. The lowest BCUT2D eigenvalue weighted by Crippen LogP contribution is -2.39. The molecule has 0 aliphatic heterocycles. The fraction of sp³-hybridized carbons (Fsp3) is 0.200. The third-order valence-electron chi connectivity index (χ3n) is 2.47. The first-order chi connectivity index (χ1) is 6.92. The van der Waals surface area contributed by atoms with Crippen molar-refractivity contribution in [2.75, 3.05) is 0 Å². The molecular weight excluding hydrogens is 216 g/mol. The zero-order valence-electron chi connectivity index (χ0n) is 7.79. The standard InChI is InChI=1S/C10H10O4S/c11-10(15(12,13)14)6-5-8-3-1-2-4-9(8)7-10/h1-6,11H,7H2,(H,12,13,14). The van der Waals surface area contributed by atoms with E-state index in [1.54, 1.807) is 12.1 Å². The van der Waals surface area contributed by atoms with Crippen LogP contribution in [-0.2, 0) is 16.5 Å². The molecule has 0 saturated carbocycles. The summed E-state index contributed by atoms with van der Waals surface area (Å²) in [5.41, 5.74) is 1.55. The second kappa shape index (κ2) is 3.16. The molecule has 1 atom stereocenters. The topological polar surface area (TPSA) is 74.6 Å². The monoisotopic (exact) mass is 226 g/mol. The molecule has 0 fully saturated rings. The molecule has 1 aromatic rings. The molecule has 4 nitrogen and oxygen atoms in total. The molecule has 0 saturated heterocycles. The number of benzene rings is 1. The van der Waals surface area contributed by atoms with Crippen molar-refractivity contribution in [2.45, 2.75) is 11.4 Å². The molecule has 2 rings (SSSR count). The highest BCUT2D eigenvalue weighted by atomic mass is 32.2. The van der Waals surface area contributed by atoms with E-state index in [2.05, 4.69) is 0 Å². The number of rotatable bonds is 1. The summed E-state index contributed by atoms with van der Waals surface area (Å²) in [7, 11) is -4.50. The van der Waals surface area contributed by atoms with Crippen molar-refractivity contribution in [3.8, 4) is 0 Å². The molecule has 5 heteroatoms. The Hall–Kier alpha value is -1.17. The molecule has 0 amide bonds. The highest BCUT2D eigenvalue weighted by molar-refractivity contribution is 7.87. The molecule has 0 heterocycles. The molecule has 80 valence electrons. The zero-order valence-corrected chi connectivity index (χ0v) is 8.61. The van der Waals surface area contributed by atoms with E-state index in [0.29, 0.717) is 5.56 Å². The molecule has 0 bridgehead atoms. The summed E-state index contributed by atoms with van der Waals surface area (Å²) in [4.78, 5) is -2.19. The van der Waals surface area contributed by atoms with Gasteiger partial charge in [-0.05, 0) is 17.2 Å². The van der Waals surface area contributed by atoms with Gasteiger partial charge in [0.15, 0.2) is 0 Å². The Bertz CT molecular complexity index is 518. The first kappa shape index (κ1) is 10.4. The Kier molecular flexibility index (Phi) is 2.18. The van der Waals surface area contributed by atoms with E-state index in [-0.39, 0.29) is 6.42 Å². The largest absolute Gasteiger partial charge is 0.369 e. The predicted molar refractivity (Wildman–Crippen MR) is 55.7 cm³/mol. The summed E-state index contributed by atoms with van der Waals surface area (Å²) in [5.74, 6) is 0. The minimum Gasteiger partial charge on any atom is -0.369 e. The minimum atomic E-state index is -4.50. The van der Waals surface area contributed by atoms with Gasteiger partial charge in [-0.1, -0.05) is 30.3 Å². The maximum atomic E-state index is 11.0. The van der Waals surface area contributed by atoms with Crippen LogP contribution in [0.2, 0.25) is 0 Å². The average molecular weight is 226 g/mol. The molecule has 0 spiro atoms. The van der Waals surface area contributed by atoms with Gasteiger partial charge in [0, 0.05) is 6.42 Å². The Morgan fingerprint density at radius 3 is 2.60 bits per heavy atom. The van der Waals surface area contributed by atoms with Gasteiger partial charge in [0.1, 0.15) is 0 Å². The van der Waals surface area contributed by atoms with Crippen LogP contribution >= 0.6 is 0 Å². The maximum Gasteiger partial charge on any atom is 0.299 e. The Morgan fingerprint density at radius 1 is 1.27 bits per heavy atom. The summed E-state index contributed by atoms with van der Waals surface area (Å²) < 4.78 is 30.8. The number of hydrogen-bond acceptors (Lipinski definition) is 3. The van der Waals surface area contributed by atoms with Crippen molar-refractivity contribution in [1.29, 1.82) is 0 Å². The number of fused-ring (bicyclic) bond motifs is 1. The van der Waals surface area contributed by atoms with Gasteiger partial charge in [0.25, 0.3) is 10.1 Å². The van der Waals surface area contributed by atoms with E-state index < -0.39 is 15.1 Å². The van der Waals surface area contributed by atoms with Crippen LogP contribution in [0.3, 0.4) is 0 Å². The summed E-state index contributed by atoms with van der Waals surface area (Å²) in [6.07, 6.45) is 2.47. The Labute approximate surface area is 87.6 Å². The second-order valence-electron chi connectivity index (χ2n) is 3.53. The molecule has 1 unspecified atom stereocenters. The van der Waals surface area contributed by atoms with Gasteiger partial charge in [-0.25, -0.2) is 0 Å². The average Bonchev–Trinajstić information content (AvgIpc) is 2.16. The minimum absolute atomic E-state index is 0.126. The van der Waals surface area contributed by atoms with E-state index in [9.17, 15) is 13.5 Å². The molecule has 15 heavy (non-hydrogen) atoms. The van der Waals surface area contributed by atoms with E-state index >= 15 is 0 Å². The zero-order chi connectivity index (χ0) is 11.1. The third kappa shape index (κ3) is 1.69. The first-order valence-electron chi connectivity index (χ1n) is 4.39. The van der Waals surface area contributed by atoms with Gasteiger partial charge >= 0.3 is 0 Å². The van der Waals surface area contributed by atoms with Crippen molar-refractivity contribution >= 4 is 16.2 Å². The summed E-state index contributed by atoms with van der Waals surface area (Å²) >= 11 is 0. The van der Waals surface area contributed by atoms with Crippen LogP contribution in [0.15, 0.2) is 30.3 Å². The van der Waals surface area contributed by atoms with Crippen molar-refractivity contribution < 1.29 is 18.1 Å². The number of aliphatic hydroxyl groups is 1. The van der Waals surface area contributed by atoms with Crippen LogP contribution in [0.25, 0.3) is 6.08 Å².